The molecule has 1 saturated heterocycles. The van der Waals surface area contributed by atoms with Crippen molar-refractivity contribution in [2.24, 2.45) is 0 Å². The number of aryl methyl sites for hydroxylation is 1. The summed E-state index contributed by atoms with van der Waals surface area (Å²) in [6, 6.07) is 26.6. The van der Waals surface area contributed by atoms with Crippen LogP contribution in [0.15, 0.2) is 103 Å². The molecule has 4 aromatic rings. The molecular formula is C35H31NO7. The van der Waals surface area contributed by atoms with Gasteiger partial charge in [0, 0.05) is 12.1 Å². The Morgan fingerprint density at radius 2 is 1.53 bits per heavy atom. The average Bonchev–Trinajstić information content (AvgIpc) is 3.26. The fourth-order valence-electron chi connectivity index (χ4n) is 5.05. The van der Waals surface area contributed by atoms with Crippen LogP contribution in [-0.4, -0.2) is 39.4 Å². The van der Waals surface area contributed by atoms with Crippen LogP contribution in [0.4, 0.5) is 0 Å². The number of nitrogens with zero attached hydrogens (tertiary/aromatic N) is 1. The third-order valence-corrected chi connectivity index (χ3v) is 7.25. The molecule has 1 aliphatic rings. The van der Waals surface area contributed by atoms with Crippen molar-refractivity contribution in [3.63, 3.8) is 0 Å². The van der Waals surface area contributed by atoms with Crippen molar-refractivity contribution >= 4 is 23.4 Å². The molecule has 0 aromatic heterocycles. The summed E-state index contributed by atoms with van der Waals surface area (Å²) in [6.07, 6.45) is 0. The van der Waals surface area contributed by atoms with Crippen molar-refractivity contribution in [2.45, 2.75) is 33.0 Å². The van der Waals surface area contributed by atoms with E-state index in [4.69, 9.17) is 9.47 Å². The SMILES string of the molecule is CCOC(=O)c1ccc(CN2C(=O)C(=O)/C(=C(\O)c3ccc(OCc4ccccc4)c(C)c3)C2c2ccc(O)cc2)cc1. The van der Waals surface area contributed by atoms with Gasteiger partial charge in [0.05, 0.1) is 23.8 Å². The van der Waals surface area contributed by atoms with Crippen LogP contribution in [0.5, 0.6) is 11.5 Å². The number of rotatable bonds is 9. The molecular weight excluding hydrogens is 546 g/mol. The van der Waals surface area contributed by atoms with Gasteiger partial charge in [-0.1, -0.05) is 54.6 Å². The molecule has 1 atom stereocenters. The van der Waals surface area contributed by atoms with E-state index in [9.17, 15) is 24.6 Å². The van der Waals surface area contributed by atoms with Crippen molar-refractivity contribution in [2.75, 3.05) is 6.61 Å². The highest BCUT2D eigenvalue weighted by Gasteiger charge is 2.46. The number of carbonyl (C=O) groups is 3. The summed E-state index contributed by atoms with van der Waals surface area (Å²) in [5, 5.41) is 21.4. The van der Waals surface area contributed by atoms with E-state index < -0.39 is 23.7 Å². The summed E-state index contributed by atoms with van der Waals surface area (Å²) in [7, 11) is 0. The second kappa shape index (κ2) is 12.7. The molecule has 0 spiro atoms. The van der Waals surface area contributed by atoms with Crippen LogP contribution < -0.4 is 4.74 Å². The van der Waals surface area contributed by atoms with Crippen LogP contribution in [0.1, 0.15) is 51.1 Å². The topological polar surface area (TPSA) is 113 Å². The molecule has 43 heavy (non-hydrogen) atoms. The maximum absolute atomic E-state index is 13.5. The van der Waals surface area contributed by atoms with Gasteiger partial charge in [0.25, 0.3) is 11.7 Å². The number of benzene rings is 4. The number of likely N-dealkylation sites (tertiary alicyclic amines) is 1. The van der Waals surface area contributed by atoms with E-state index in [1.807, 2.05) is 37.3 Å². The van der Waals surface area contributed by atoms with Gasteiger partial charge in [-0.3, -0.25) is 9.59 Å². The van der Waals surface area contributed by atoms with E-state index >= 15 is 0 Å². The van der Waals surface area contributed by atoms with Gasteiger partial charge in [-0.2, -0.15) is 0 Å². The highest BCUT2D eigenvalue weighted by Crippen LogP contribution is 2.41. The summed E-state index contributed by atoms with van der Waals surface area (Å²) in [5.41, 5.74) is 3.65. The number of ether oxygens (including phenoxy) is 2. The van der Waals surface area contributed by atoms with Gasteiger partial charge >= 0.3 is 5.97 Å². The first-order chi connectivity index (χ1) is 20.8. The number of ketones is 1. The maximum atomic E-state index is 13.5. The third kappa shape index (κ3) is 6.28. The molecule has 1 aliphatic heterocycles. The van der Waals surface area contributed by atoms with E-state index in [1.165, 1.54) is 17.0 Å². The molecule has 218 valence electrons. The number of aliphatic hydroxyl groups excluding tert-OH is 1. The zero-order chi connectivity index (χ0) is 30.5. The number of aromatic hydroxyl groups is 1. The van der Waals surface area contributed by atoms with E-state index in [2.05, 4.69) is 0 Å². The van der Waals surface area contributed by atoms with Crippen LogP contribution in [-0.2, 0) is 27.5 Å². The number of Topliss-reactive ketones (excluding diaryl/α,β-unsaturated/α-hetero) is 1. The summed E-state index contributed by atoms with van der Waals surface area (Å²) in [5.74, 6) is -1.70. The minimum absolute atomic E-state index is 0.0250. The fraction of sp³-hybridized carbons (Fsp3) is 0.171. The number of hydrogen-bond donors (Lipinski definition) is 2. The van der Waals surface area contributed by atoms with E-state index in [0.717, 1.165) is 11.1 Å². The molecule has 0 bridgehead atoms. The first-order valence-electron chi connectivity index (χ1n) is 13.9. The van der Waals surface area contributed by atoms with Crippen molar-refractivity contribution < 1.29 is 34.1 Å². The predicted molar refractivity (Wildman–Crippen MR) is 160 cm³/mol. The van der Waals surface area contributed by atoms with Crippen molar-refractivity contribution in [1.29, 1.82) is 0 Å². The highest BCUT2D eigenvalue weighted by atomic mass is 16.5. The number of aliphatic hydroxyl groups is 1. The second-order valence-electron chi connectivity index (χ2n) is 10.2. The van der Waals surface area contributed by atoms with Gasteiger partial charge < -0.3 is 24.6 Å². The Balaban J connectivity index is 1.48. The number of amides is 1. The van der Waals surface area contributed by atoms with Gasteiger partial charge in [0.2, 0.25) is 0 Å². The Morgan fingerprint density at radius 1 is 0.860 bits per heavy atom. The van der Waals surface area contributed by atoms with Crippen molar-refractivity contribution in [3.8, 4) is 11.5 Å². The summed E-state index contributed by atoms with van der Waals surface area (Å²) in [4.78, 5) is 40.3. The summed E-state index contributed by atoms with van der Waals surface area (Å²) in [6.45, 7) is 4.23. The Kier molecular flexibility index (Phi) is 8.57. The largest absolute Gasteiger partial charge is 0.508 e. The maximum Gasteiger partial charge on any atom is 0.338 e. The van der Waals surface area contributed by atoms with Gasteiger partial charge in [-0.05, 0) is 78.6 Å². The lowest BCUT2D eigenvalue weighted by molar-refractivity contribution is -0.140. The van der Waals surface area contributed by atoms with Crippen LogP contribution >= 0.6 is 0 Å². The smallest absolute Gasteiger partial charge is 0.338 e. The predicted octanol–water partition coefficient (Wildman–Crippen LogP) is 6.08. The first kappa shape index (κ1) is 29.1. The number of hydrogen-bond acceptors (Lipinski definition) is 7. The molecule has 1 fully saturated rings. The standard InChI is InChI=1S/C35H31NO7/c1-3-42-35(41)26-11-9-23(10-12-26)20-36-31(25-13-16-28(37)17-14-25)30(33(39)34(36)40)32(38)27-15-18-29(22(2)19-27)43-21-24-7-5-4-6-8-24/h4-19,31,37-38H,3,20-21H2,1-2H3/b32-30-. The number of esters is 1. The Morgan fingerprint density at radius 3 is 2.19 bits per heavy atom. The molecule has 8 heteroatoms. The highest BCUT2D eigenvalue weighted by molar-refractivity contribution is 6.46. The molecule has 8 nitrogen and oxygen atoms in total. The lowest BCUT2D eigenvalue weighted by atomic mass is 9.94. The van der Waals surface area contributed by atoms with Crippen LogP contribution in [0.25, 0.3) is 5.76 Å². The van der Waals surface area contributed by atoms with Gasteiger partial charge in [-0.15, -0.1) is 0 Å². The number of phenolic OH excluding ortho intramolecular Hbond substituents is 1. The molecule has 0 saturated carbocycles. The lowest BCUT2D eigenvalue weighted by Crippen LogP contribution is -2.29. The Hall–Kier alpha value is -5.37. The quantitative estimate of drug-likeness (QED) is 0.107. The zero-order valence-electron chi connectivity index (χ0n) is 23.8. The van der Waals surface area contributed by atoms with Crippen LogP contribution in [0, 0.1) is 6.92 Å². The first-order valence-corrected chi connectivity index (χ1v) is 13.9. The molecule has 0 radical (unpaired) electrons. The molecule has 1 amide bonds. The zero-order valence-corrected chi connectivity index (χ0v) is 23.8. The summed E-state index contributed by atoms with van der Waals surface area (Å²) >= 11 is 0. The Labute approximate surface area is 249 Å². The molecule has 2 N–H and O–H groups in total. The molecule has 4 aromatic carbocycles. The summed E-state index contributed by atoms with van der Waals surface area (Å²) < 4.78 is 11.0. The van der Waals surface area contributed by atoms with Gasteiger partial charge in [0.1, 0.15) is 23.9 Å². The van der Waals surface area contributed by atoms with Gasteiger partial charge in [0.15, 0.2) is 0 Å². The van der Waals surface area contributed by atoms with E-state index in [1.54, 1.807) is 61.5 Å². The third-order valence-electron chi connectivity index (χ3n) is 7.25. The molecule has 1 unspecified atom stereocenters. The molecule has 1 heterocycles. The van der Waals surface area contributed by atoms with Gasteiger partial charge in [-0.25, -0.2) is 4.79 Å². The molecule has 0 aliphatic carbocycles. The van der Waals surface area contributed by atoms with E-state index in [-0.39, 0.29) is 30.2 Å². The van der Waals surface area contributed by atoms with Crippen LogP contribution in [0.3, 0.4) is 0 Å². The minimum Gasteiger partial charge on any atom is -0.508 e. The van der Waals surface area contributed by atoms with Crippen LogP contribution in [0.2, 0.25) is 0 Å². The number of carbonyl (C=O) groups excluding carboxylic acids is 3. The minimum atomic E-state index is -0.917. The fourth-order valence-corrected chi connectivity index (χ4v) is 5.05. The average molecular weight is 578 g/mol. The molecule has 5 rings (SSSR count). The van der Waals surface area contributed by atoms with Crippen molar-refractivity contribution in [3.05, 3.63) is 136 Å². The monoisotopic (exact) mass is 577 g/mol. The second-order valence-corrected chi connectivity index (χ2v) is 10.2. The number of phenols is 1. The lowest BCUT2D eigenvalue weighted by Gasteiger charge is -2.25. The normalized spacial score (nSPS) is 15.9. The van der Waals surface area contributed by atoms with E-state index in [0.29, 0.717) is 34.6 Å². The van der Waals surface area contributed by atoms with Crippen molar-refractivity contribution in [1.82, 2.24) is 4.90 Å². The Bertz CT molecular complexity index is 1680.